The maximum Gasteiger partial charge on any atom is 0.262 e. The average molecular weight is 381 g/mol. The van der Waals surface area contributed by atoms with Crippen LogP contribution in [0.4, 0.5) is 11.4 Å². The Bertz CT molecular complexity index is 749. The van der Waals surface area contributed by atoms with Gasteiger partial charge in [-0.05, 0) is 24.3 Å². The fraction of sp³-hybridized carbons (Fsp3) is 0.278. The number of nitrogens with one attached hydrogen (secondary N) is 1. The third-order valence-corrected chi connectivity index (χ3v) is 4.40. The number of nitrogens with zero attached hydrogens (tertiary/aromatic N) is 1. The Kier molecular flexibility index (Phi) is 6.02. The van der Waals surface area contributed by atoms with Gasteiger partial charge in [-0.2, -0.15) is 0 Å². The summed E-state index contributed by atoms with van der Waals surface area (Å²) in [6, 6.07) is 12.5. The smallest absolute Gasteiger partial charge is 0.262 e. The van der Waals surface area contributed by atoms with Crippen molar-refractivity contribution in [3.05, 3.63) is 52.5 Å². The predicted molar refractivity (Wildman–Crippen MR) is 100 cm³/mol. The number of anilines is 2. The molecule has 0 radical (unpaired) electrons. The van der Waals surface area contributed by atoms with Crippen LogP contribution in [-0.4, -0.2) is 38.8 Å². The van der Waals surface area contributed by atoms with Crippen molar-refractivity contribution in [2.75, 3.05) is 43.1 Å². The van der Waals surface area contributed by atoms with E-state index in [1.807, 2.05) is 12.1 Å². The lowest BCUT2D eigenvalue weighted by Gasteiger charge is -2.31. The van der Waals surface area contributed by atoms with Crippen molar-refractivity contribution in [2.24, 2.45) is 0 Å². The highest BCUT2D eigenvalue weighted by Crippen LogP contribution is 2.34. The van der Waals surface area contributed by atoms with Gasteiger partial charge in [-0.1, -0.05) is 41.4 Å². The molecule has 1 N–H and O–H groups in total. The SMILES string of the molecule is O=C(COc1ccccc1Cl)Nc1cccc(Cl)c1N1CCOCC1. The van der Waals surface area contributed by atoms with E-state index in [0.717, 1.165) is 18.8 Å². The van der Waals surface area contributed by atoms with Gasteiger partial charge < -0.3 is 19.7 Å². The molecule has 0 bridgehead atoms. The standard InChI is InChI=1S/C18H18Cl2N2O3/c19-13-4-1-2-7-16(13)25-12-17(23)21-15-6-3-5-14(20)18(15)22-8-10-24-11-9-22/h1-7H,8-12H2,(H,21,23). The first-order valence-corrected chi connectivity index (χ1v) is 8.69. The molecule has 7 heteroatoms. The topological polar surface area (TPSA) is 50.8 Å². The van der Waals surface area contributed by atoms with Gasteiger partial charge in [0.1, 0.15) is 5.75 Å². The fourth-order valence-corrected chi connectivity index (χ4v) is 3.10. The van der Waals surface area contributed by atoms with Crippen LogP contribution < -0.4 is 15.0 Å². The van der Waals surface area contributed by atoms with Crippen molar-refractivity contribution in [3.63, 3.8) is 0 Å². The number of rotatable bonds is 5. The van der Waals surface area contributed by atoms with Crippen LogP contribution in [0, 0.1) is 0 Å². The molecular formula is C18H18Cl2N2O3. The molecule has 3 rings (SSSR count). The fourth-order valence-electron chi connectivity index (χ4n) is 2.62. The lowest BCUT2D eigenvalue weighted by molar-refractivity contribution is -0.118. The summed E-state index contributed by atoms with van der Waals surface area (Å²) in [6.07, 6.45) is 0. The first-order chi connectivity index (χ1) is 12.1. The third-order valence-electron chi connectivity index (χ3n) is 3.78. The zero-order valence-electron chi connectivity index (χ0n) is 13.5. The van der Waals surface area contributed by atoms with Crippen molar-refractivity contribution in [2.45, 2.75) is 0 Å². The Balaban J connectivity index is 1.68. The van der Waals surface area contributed by atoms with E-state index < -0.39 is 0 Å². The van der Waals surface area contributed by atoms with E-state index in [1.54, 1.807) is 30.3 Å². The van der Waals surface area contributed by atoms with E-state index in [0.29, 0.717) is 34.7 Å². The van der Waals surface area contributed by atoms with Crippen LogP contribution in [0.5, 0.6) is 5.75 Å². The number of carbonyl (C=O) groups is 1. The molecule has 0 atom stereocenters. The van der Waals surface area contributed by atoms with Crippen LogP contribution in [0.15, 0.2) is 42.5 Å². The number of para-hydroxylation sites is 2. The van der Waals surface area contributed by atoms with Crippen molar-refractivity contribution in [1.82, 2.24) is 0 Å². The zero-order chi connectivity index (χ0) is 17.6. The van der Waals surface area contributed by atoms with Crippen LogP contribution in [-0.2, 0) is 9.53 Å². The maximum absolute atomic E-state index is 12.3. The van der Waals surface area contributed by atoms with Gasteiger partial charge in [0.05, 0.1) is 34.6 Å². The summed E-state index contributed by atoms with van der Waals surface area (Å²) < 4.78 is 10.9. The maximum atomic E-state index is 12.3. The zero-order valence-corrected chi connectivity index (χ0v) is 15.0. The van der Waals surface area contributed by atoms with Crippen LogP contribution in [0.1, 0.15) is 0 Å². The molecule has 1 aliphatic rings. The molecule has 1 amide bonds. The number of hydrogen-bond donors (Lipinski definition) is 1. The first kappa shape index (κ1) is 17.9. The van der Waals surface area contributed by atoms with Crippen molar-refractivity contribution in [3.8, 4) is 5.75 Å². The monoisotopic (exact) mass is 380 g/mol. The average Bonchev–Trinajstić information content (AvgIpc) is 2.62. The highest BCUT2D eigenvalue weighted by molar-refractivity contribution is 6.34. The van der Waals surface area contributed by atoms with Crippen molar-refractivity contribution < 1.29 is 14.3 Å². The molecule has 0 saturated carbocycles. The van der Waals surface area contributed by atoms with Crippen LogP contribution in [0.25, 0.3) is 0 Å². The second-order valence-corrected chi connectivity index (χ2v) is 6.32. The predicted octanol–water partition coefficient (Wildman–Crippen LogP) is 3.85. The van der Waals surface area contributed by atoms with Crippen LogP contribution >= 0.6 is 23.2 Å². The summed E-state index contributed by atoms with van der Waals surface area (Å²) in [5, 5.41) is 3.92. The van der Waals surface area contributed by atoms with E-state index in [9.17, 15) is 4.79 Å². The van der Waals surface area contributed by atoms with Crippen molar-refractivity contribution in [1.29, 1.82) is 0 Å². The number of ether oxygens (including phenoxy) is 2. The Morgan fingerprint density at radius 2 is 1.80 bits per heavy atom. The number of amides is 1. The summed E-state index contributed by atoms with van der Waals surface area (Å²) in [4.78, 5) is 14.4. The minimum Gasteiger partial charge on any atom is -0.482 e. The second kappa shape index (κ2) is 8.43. The molecule has 0 aromatic heterocycles. The van der Waals surface area contributed by atoms with E-state index in [-0.39, 0.29) is 12.5 Å². The van der Waals surface area contributed by atoms with Gasteiger partial charge in [-0.25, -0.2) is 0 Å². The largest absolute Gasteiger partial charge is 0.482 e. The van der Waals surface area contributed by atoms with Gasteiger partial charge in [0, 0.05) is 13.1 Å². The summed E-state index contributed by atoms with van der Waals surface area (Å²) >= 11 is 12.4. The number of hydrogen-bond acceptors (Lipinski definition) is 4. The minimum absolute atomic E-state index is 0.140. The highest BCUT2D eigenvalue weighted by Gasteiger charge is 2.19. The minimum atomic E-state index is -0.281. The van der Waals surface area contributed by atoms with Gasteiger partial charge in [-0.3, -0.25) is 4.79 Å². The molecule has 1 aliphatic heterocycles. The lowest BCUT2D eigenvalue weighted by Crippen LogP contribution is -2.37. The first-order valence-electron chi connectivity index (χ1n) is 7.93. The summed E-state index contributed by atoms with van der Waals surface area (Å²) in [5.41, 5.74) is 1.46. The van der Waals surface area contributed by atoms with E-state index >= 15 is 0 Å². The van der Waals surface area contributed by atoms with Gasteiger partial charge in [0.15, 0.2) is 6.61 Å². The molecule has 132 valence electrons. The highest BCUT2D eigenvalue weighted by atomic mass is 35.5. The molecule has 1 fully saturated rings. The molecule has 0 aliphatic carbocycles. The van der Waals surface area contributed by atoms with E-state index in [1.165, 1.54) is 0 Å². The molecule has 0 unspecified atom stereocenters. The Hall–Kier alpha value is -1.95. The molecule has 25 heavy (non-hydrogen) atoms. The van der Waals surface area contributed by atoms with E-state index in [2.05, 4.69) is 10.2 Å². The molecule has 1 saturated heterocycles. The quantitative estimate of drug-likeness (QED) is 0.855. The van der Waals surface area contributed by atoms with Crippen molar-refractivity contribution >= 4 is 40.5 Å². The molecule has 0 spiro atoms. The molecule has 2 aromatic carbocycles. The Morgan fingerprint density at radius 3 is 2.56 bits per heavy atom. The van der Waals surface area contributed by atoms with Gasteiger partial charge in [0.2, 0.25) is 0 Å². The summed E-state index contributed by atoms with van der Waals surface area (Å²) in [7, 11) is 0. The molecule has 1 heterocycles. The van der Waals surface area contributed by atoms with E-state index in [4.69, 9.17) is 32.7 Å². The Labute approximate surface area is 156 Å². The normalized spacial score (nSPS) is 14.2. The number of halogens is 2. The van der Waals surface area contributed by atoms with Gasteiger partial charge in [0.25, 0.3) is 5.91 Å². The second-order valence-electron chi connectivity index (χ2n) is 5.50. The Morgan fingerprint density at radius 1 is 1.08 bits per heavy atom. The number of morpholine rings is 1. The lowest BCUT2D eigenvalue weighted by atomic mass is 10.2. The molecule has 2 aromatic rings. The number of carbonyl (C=O) groups excluding carboxylic acids is 1. The molecule has 5 nitrogen and oxygen atoms in total. The van der Waals surface area contributed by atoms with Gasteiger partial charge >= 0.3 is 0 Å². The summed E-state index contributed by atoms with van der Waals surface area (Å²) in [6.45, 7) is 2.58. The number of benzene rings is 2. The van der Waals surface area contributed by atoms with Crippen LogP contribution in [0.2, 0.25) is 10.0 Å². The third kappa shape index (κ3) is 4.57. The van der Waals surface area contributed by atoms with Crippen LogP contribution in [0.3, 0.4) is 0 Å². The van der Waals surface area contributed by atoms with Gasteiger partial charge in [-0.15, -0.1) is 0 Å². The molecular weight excluding hydrogens is 363 g/mol. The summed E-state index contributed by atoms with van der Waals surface area (Å²) in [5.74, 6) is 0.190.